The van der Waals surface area contributed by atoms with Gasteiger partial charge < -0.3 is 10.2 Å². The fourth-order valence-electron chi connectivity index (χ4n) is 4.51. The van der Waals surface area contributed by atoms with Crippen LogP contribution in [0.1, 0.15) is 42.4 Å². The van der Waals surface area contributed by atoms with E-state index >= 15 is 0 Å². The van der Waals surface area contributed by atoms with Crippen LogP contribution in [-0.4, -0.2) is 33.0 Å². The zero-order valence-electron chi connectivity index (χ0n) is 22.8. The summed E-state index contributed by atoms with van der Waals surface area (Å²) in [6.45, 7) is 6.32. The van der Waals surface area contributed by atoms with Gasteiger partial charge in [0.2, 0.25) is 5.91 Å². The molecule has 0 atom stereocenters. The van der Waals surface area contributed by atoms with E-state index in [1.54, 1.807) is 15.6 Å². The monoisotopic (exact) mass is 550 g/mol. The molecule has 0 spiro atoms. The summed E-state index contributed by atoms with van der Waals surface area (Å²) in [5.41, 5.74) is 2.66. The van der Waals surface area contributed by atoms with Crippen LogP contribution in [0, 0.1) is 0 Å². The lowest BCUT2D eigenvalue weighted by atomic mass is 9.92. The second kappa shape index (κ2) is 11.4. The first-order valence-electron chi connectivity index (χ1n) is 13.2. The first kappa shape index (κ1) is 27.2. The average Bonchev–Trinajstić information content (AvgIpc) is 3.37. The summed E-state index contributed by atoms with van der Waals surface area (Å²) in [5.74, 6) is -0.0701. The van der Waals surface area contributed by atoms with Crippen molar-refractivity contribution < 1.29 is 9.59 Å². The molecule has 1 aromatic heterocycles. The maximum Gasteiger partial charge on any atom is 0.254 e. The highest BCUT2D eigenvalue weighted by molar-refractivity contribution is 6.32. The first-order chi connectivity index (χ1) is 19.2. The van der Waals surface area contributed by atoms with E-state index in [4.69, 9.17) is 16.7 Å². The molecule has 6 nitrogen and oxygen atoms in total. The van der Waals surface area contributed by atoms with Crippen LogP contribution < -0.4 is 5.32 Å². The van der Waals surface area contributed by atoms with Crippen LogP contribution in [0.3, 0.4) is 0 Å². The number of nitrogens with zero attached hydrogens (tertiary/aromatic N) is 3. The molecule has 0 saturated carbocycles. The molecule has 0 bridgehead atoms. The van der Waals surface area contributed by atoms with E-state index in [2.05, 4.69) is 26.1 Å². The van der Waals surface area contributed by atoms with Gasteiger partial charge in [0.1, 0.15) is 12.4 Å². The molecule has 1 N–H and O–H groups in total. The van der Waals surface area contributed by atoms with Crippen molar-refractivity contribution in [2.75, 3.05) is 11.9 Å². The Hall–Kier alpha value is -4.42. The van der Waals surface area contributed by atoms with Crippen LogP contribution in [0.15, 0.2) is 103 Å². The number of carbonyl (C=O) groups is 2. The molecule has 7 heteroatoms. The fraction of sp³-hybridized carbons (Fsp3) is 0.182. The number of anilines is 1. The van der Waals surface area contributed by atoms with Gasteiger partial charge in [0.05, 0.1) is 16.4 Å². The lowest BCUT2D eigenvalue weighted by Gasteiger charge is -2.23. The summed E-state index contributed by atoms with van der Waals surface area (Å²) < 4.78 is 1.65. The number of nitrogens with one attached hydrogen (secondary N) is 1. The van der Waals surface area contributed by atoms with E-state index in [9.17, 15) is 9.59 Å². The van der Waals surface area contributed by atoms with Crippen LogP contribution in [0.25, 0.3) is 16.5 Å². The lowest BCUT2D eigenvalue weighted by Crippen LogP contribution is -2.37. The van der Waals surface area contributed by atoms with Crippen molar-refractivity contribution >= 4 is 40.0 Å². The zero-order valence-corrected chi connectivity index (χ0v) is 23.5. The van der Waals surface area contributed by atoms with Crippen molar-refractivity contribution in [2.24, 2.45) is 0 Å². The number of halogens is 1. The van der Waals surface area contributed by atoms with Gasteiger partial charge in [-0.05, 0) is 40.6 Å². The van der Waals surface area contributed by atoms with Crippen molar-refractivity contribution in [3.8, 4) is 5.69 Å². The number of fused-ring (bicyclic) bond motifs is 1. The third kappa shape index (κ3) is 6.08. The maximum absolute atomic E-state index is 13.8. The predicted octanol–water partition coefficient (Wildman–Crippen LogP) is 7.26. The Bertz CT molecular complexity index is 1670. The van der Waals surface area contributed by atoms with Gasteiger partial charge >= 0.3 is 0 Å². The molecule has 40 heavy (non-hydrogen) atoms. The van der Waals surface area contributed by atoms with Gasteiger partial charge in [-0.25, -0.2) is 4.68 Å². The molecular weight excluding hydrogens is 520 g/mol. The highest BCUT2D eigenvalue weighted by Crippen LogP contribution is 2.29. The van der Waals surface area contributed by atoms with Gasteiger partial charge in [-0.2, -0.15) is 5.10 Å². The number of hydrogen-bond donors (Lipinski definition) is 1. The highest BCUT2D eigenvalue weighted by atomic mass is 35.5. The van der Waals surface area contributed by atoms with Gasteiger partial charge in [-0.1, -0.05) is 105 Å². The van der Waals surface area contributed by atoms with Gasteiger partial charge in [-0.3, -0.25) is 9.59 Å². The van der Waals surface area contributed by atoms with Crippen LogP contribution in [0.5, 0.6) is 0 Å². The van der Waals surface area contributed by atoms with Crippen LogP contribution in [0.2, 0.25) is 5.02 Å². The summed E-state index contributed by atoms with van der Waals surface area (Å²) in [5, 5.41) is 10.3. The average molecular weight is 551 g/mol. The number of aromatic nitrogens is 2. The Morgan fingerprint density at radius 2 is 1.52 bits per heavy atom. The van der Waals surface area contributed by atoms with Crippen LogP contribution >= 0.6 is 11.6 Å². The number of para-hydroxylation sites is 1. The van der Waals surface area contributed by atoms with E-state index in [0.717, 1.165) is 22.0 Å². The quantitative estimate of drug-likeness (QED) is 0.232. The lowest BCUT2D eigenvalue weighted by molar-refractivity contribution is -0.117. The van der Waals surface area contributed by atoms with Gasteiger partial charge in [0.15, 0.2) is 0 Å². The molecule has 4 aromatic carbocycles. The summed E-state index contributed by atoms with van der Waals surface area (Å²) in [6.07, 6.45) is 0. The molecule has 5 rings (SSSR count). The van der Waals surface area contributed by atoms with E-state index < -0.39 is 0 Å². The molecule has 2 amide bonds. The highest BCUT2D eigenvalue weighted by Gasteiger charge is 2.24. The topological polar surface area (TPSA) is 67.2 Å². The summed E-state index contributed by atoms with van der Waals surface area (Å²) in [6, 6.07) is 32.4. The van der Waals surface area contributed by atoms with Crippen molar-refractivity contribution in [1.29, 1.82) is 0 Å². The molecule has 1 heterocycles. The first-order valence-corrected chi connectivity index (χ1v) is 13.5. The van der Waals surface area contributed by atoms with Gasteiger partial charge in [-0.15, -0.1) is 0 Å². The van der Waals surface area contributed by atoms with Crippen LogP contribution in [-0.2, 0) is 16.8 Å². The molecular formula is C33H31ClN4O2. The number of rotatable bonds is 7. The molecule has 0 saturated heterocycles. The minimum absolute atomic E-state index is 0.140. The maximum atomic E-state index is 13.8. The predicted molar refractivity (Wildman–Crippen MR) is 161 cm³/mol. The third-order valence-electron chi connectivity index (χ3n) is 6.66. The Morgan fingerprint density at radius 3 is 2.25 bits per heavy atom. The minimum atomic E-state index is -0.335. The summed E-state index contributed by atoms with van der Waals surface area (Å²) >= 11 is 6.49. The smallest absolute Gasteiger partial charge is 0.254 e. The summed E-state index contributed by atoms with van der Waals surface area (Å²) in [7, 11) is 0. The van der Waals surface area contributed by atoms with Crippen molar-refractivity contribution in [3.05, 3.63) is 125 Å². The van der Waals surface area contributed by atoms with E-state index in [1.807, 2.05) is 97.1 Å². The number of amides is 2. The molecule has 0 unspecified atom stereocenters. The van der Waals surface area contributed by atoms with Crippen molar-refractivity contribution in [1.82, 2.24) is 14.7 Å². The minimum Gasteiger partial charge on any atom is -0.325 e. The Balaban J connectivity index is 1.45. The molecule has 202 valence electrons. The normalized spacial score (nSPS) is 11.4. The second-order valence-corrected chi connectivity index (χ2v) is 11.2. The molecule has 0 aliphatic heterocycles. The molecule has 0 aliphatic carbocycles. The molecule has 0 fully saturated rings. The van der Waals surface area contributed by atoms with Gasteiger partial charge in [0.25, 0.3) is 5.91 Å². The molecule has 5 aromatic rings. The molecule has 0 aliphatic rings. The number of hydrogen-bond acceptors (Lipinski definition) is 3. The Morgan fingerprint density at radius 1 is 0.850 bits per heavy atom. The van der Waals surface area contributed by atoms with E-state index in [-0.39, 0.29) is 30.3 Å². The standard InChI is InChI=1S/C33H31ClN4O2/c1-33(2,3)29-20-30(38(36-29)28-16-10-9-15-27(28)34)35-31(39)22-37(21-23-11-5-4-6-12-23)32(40)26-18-17-24-13-7-8-14-25(24)19-26/h4-20H,21-22H2,1-3H3,(H,35,39). The van der Waals surface area contributed by atoms with Crippen molar-refractivity contribution in [3.63, 3.8) is 0 Å². The number of benzene rings is 4. The fourth-order valence-corrected chi connectivity index (χ4v) is 4.72. The van der Waals surface area contributed by atoms with Crippen LogP contribution in [0.4, 0.5) is 5.82 Å². The largest absolute Gasteiger partial charge is 0.325 e. The Labute approximate surface area is 239 Å². The third-order valence-corrected chi connectivity index (χ3v) is 6.98. The van der Waals surface area contributed by atoms with Gasteiger partial charge in [0, 0.05) is 23.6 Å². The van der Waals surface area contributed by atoms with E-state index in [0.29, 0.717) is 22.1 Å². The second-order valence-electron chi connectivity index (χ2n) is 10.8. The summed E-state index contributed by atoms with van der Waals surface area (Å²) in [4.78, 5) is 28.8. The molecule has 0 radical (unpaired) electrons. The SMILES string of the molecule is CC(C)(C)c1cc(NC(=O)CN(Cc2ccccc2)C(=O)c2ccc3ccccc3c2)n(-c2ccccc2Cl)n1. The Kier molecular flexibility index (Phi) is 7.71. The van der Waals surface area contributed by atoms with Crippen molar-refractivity contribution in [2.45, 2.75) is 32.7 Å². The van der Waals surface area contributed by atoms with E-state index in [1.165, 1.54) is 0 Å². The zero-order chi connectivity index (χ0) is 28.3. The number of carbonyl (C=O) groups excluding carboxylic acids is 2.